The van der Waals surface area contributed by atoms with Crippen LogP contribution in [0.3, 0.4) is 0 Å². The molecule has 2 aromatic rings. The van der Waals surface area contributed by atoms with Gasteiger partial charge in [-0.1, -0.05) is 18.2 Å². The zero-order chi connectivity index (χ0) is 17.8. The van der Waals surface area contributed by atoms with Gasteiger partial charge in [-0.05, 0) is 36.2 Å². The van der Waals surface area contributed by atoms with Crippen molar-refractivity contribution in [1.29, 1.82) is 0 Å². The van der Waals surface area contributed by atoms with Crippen molar-refractivity contribution in [2.24, 2.45) is 5.73 Å². The number of ether oxygens (including phenoxy) is 2. The van der Waals surface area contributed by atoms with Gasteiger partial charge in [0.05, 0.1) is 12.6 Å². The lowest BCUT2D eigenvalue weighted by molar-refractivity contribution is -0.119. The number of hydrogen-bond acceptors (Lipinski definition) is 4. The molecule has 1 aliphatic heterocycles. The van der Waals surface area contributed by atoms with E-state index in [4.69, 9.17) is 15.2 Å². The first-order valence-corrected chi connectivity index (χ1v) is 8.22. The van der Waals surface area contributed by atoms with Crippen molar-refractivity contribution in [2.75, 3.05) is 6.61 Å². The van der Waals surface area contributed by atoms with Crippen LogP contribution < -0.4 is 20.5 Å². The Bertz CT molecular complexity index is 779. The fourth-order valence-corrected chi connectivity index (χ4v) is 2.77. The second-order valence-electron chi connectivity index (χ2n) is 6.05. The molecule has 5 nitrogen and oxygen atoms in total. The number of benzene rings is 2. The van der Waals surface area contributed by atoms with Crippen molar-refractivity contribution in [3.05, 3.63) is 58.9 Å². The highest BCUT2D eigenvalue weighted by atomic mass is 19.1. The molecule has 1 heterocycles. The lowest BCUT2D eigenvalue weighted by Crippen LogP contribution is -2.38. The molecule has 0 spiro atoms. The lowest BCUT2D eigenvalue weighted by Gasteiger charge is -2.15. The van der Waals surface area contributed by atoms with E-state index in [1.54, 1.807) is 13.0 Å². The van der Waals surface area contributed by atoms with Gasteiger partial charge in [-0.25, -0.2) is 4.39 Å². The van der Waals surface area contributed by atoms with Gasteiger partial charge in [0.2, 0.25) is 5.91 Å². The Kier molecular flexibility index (Phi) is 5.19. The maximum absolute atomic E-state index is 13.3. The smallest absolute Gasteiger partial charge is 0.234 e. The molecule has 0 saturated heterocycles. The van der Waals surface area contributed by atoms with Crippen molar-refractivity contribution in [1.82, 2.24) is 5.32 Å². The largest absolute Gasteiger partial charge is 0.489 e. The van der Waals surface area contributed by atoms with E-state index in [0.29, 0.717) is 18.9 Å². The Labute approximate surface area is 145 Å². The first-order chi connectivity index (χ1) is 12.0. The number of amides is 1. The second-order valence-corrected chi connectivity index (χ2v) is 6.05. The third-order valence-corrected chi connectivity index (χ3v) is 4.23. The van der Waals surface area contributed by atoms with Gasteiger partial charge in [-0.3, -0.25) is 4.79 Å². The van der Waals surface area contributed by atoms with Crippen molar-refractivity contribution < 1.29 is 18.7 Å². The van der Waals surface area contributed by atoms with E-state index in [2.05, 4.69) is 5.32 Å². The maximum atomic E-state index is 13.3. The second kappa shape index (κ2) is 7.53. The SMILES string of the molecule is C[C@H](NCc1ccc(OCc2cccc(F)c2)c2c1CCO2)C(N)=O. The van der Waals surface area contributed by atoms with Crippen LogP contribution >= 0.6 is 0 Å². The third kappa shape index (κ3) is 4.09. The van der Waals surface area contributed by atoms with Crippen LogP contribution in [0.2, 0.25) is 0 Å². The average Bonchev–Trinajstić information content (AvgIpc) is 3.08. The molecule has 0 aliphatic carbocycles. The van der Waals surface area contributed by atoms with Crippen molar-refractivity contribution in [3.63, 3.8) is 0 Å². The third-order valence-electron chi connectivity index (χ3n) is 4.23. The molecule has 2 aromatic carbocycles. The highest BCUT2D eigenvalue weighted by Crippen LogP contribution is 2.38. The number of nitrogens with two attached hydrogens (primary N) is 1. The van der Waals surface area contributed by atoms with Crippen molar-refractivity contribution >= 4 is 5.91 Å². The van der Waals surface area contributed by atoms with Crippen LogP contribution in [0.1, 0.15) is 23.6 Å². The van der Waals surface area contributed by atoms with Crippen LogP contribution in [0.5, 0.6) is 11.5 Å². The molecule has 25 heavy (non-hydrogen) atoms. The van der Waals surface area contributed by atoms with E-state index < -0.39 is 6.04 Å². The molecule has 0 fully saturated rings. The van der Waals surface area contributed by atoms with E-state index in [-0.39, 0.29) is 18.3 Å². The fraction of sp³-hybridized carbons (Fsp3) is 0.316. The van der Waals surface area contributed by atoms with Crippen LogP contribution in [0, 0.1) is 5.82 Å². The summed E-state index contributed by atoms with van der Waals surface area (Å²) in [6.07, 6.45) is 0.786. The van der Waals surface area contributed by atoms with E-state index >= 15 is 0 Å². The van der Waals surface area contributed by atoms with Crippen molar-refractivity contribution in [2.45, 2.75) is 32.5 Å². The number of nitrogens with one attached hydrogen (secondary N) is 1. The molecule has 132 valence electrons. The molecule has 0 saturated carbocycles. The average molecular weight is 344 g/mol. The quantitative estimate of drug-likeness (QED) is 0.808. The Balaban J connectivity index is 1.72. The fourth-order valence-electron chi connectivity index (χ4n) is 2.77. The molecular formula is C19H21FN2O3. The first-order valence-electron chi connectivity index (χ1n) is 8.22. The van der Waals surface area contributed by atoms with Gasteiger partial charge in [0.15, 0.2) is 11.5 Å². The first kappa shape index (κ1) is 17.2. The molecule has 0 radical (unpaired) electrons. The van der Waals surface area contributed by atoms with Gasteiger partial charge in [-0.15, -0.1) is 0 Å². The van der Waals surface area contributed by atoms with Gasteiger partial charge < -0.3 is 20.5 Å². The minimum Gasteiger partial charge on any atom is -0.489 e. The molecule has 0 aromatic heterocycles. The topological polar surface area (TPSA) is 73.6 Å². The monoisotopic (exact) mass is 344 g/mol. The summed E-state index contributed by atoms with van der Waals surface area (Å²) in [6, 6.07) is 9.72. The zero-order valence-corrected chi connectivity index (χ0v) is 14.0. The molecule has 3 rings (SSSR count). The van der Waals surface area contributed by atoms with Crippen LogP contribution in [-0.4, -0.2) is 18.6 Å². The molecule has 1 amide bonds. The van der Waals surface area contributed by atoms with E-state index in [1.165, 1.54) is 12.1 Å². The predicted octanol–water partition coefficient (Wildman–Crippen LogP) is 2.30. The van der Waals surface area contributed by atoms with Crippen LogP contribution in [0.25, 0.3) is 0 Å². The summed E-state index contributed by atoms with van der Waals surface area (Å²) in [4.78, 5) is 11.1. The summed E-state index contributed by atoms with van der Waals surface area (Å²) in [5.41, 5.74) is 8.15. The van der Waals surface area contributed by atoms with E-state index in [9.17, 15) is 9.18 Å². The molecule has 6 heteroatoms. The maximum Gasteiger partial charge on any atom is 0.234 e. The number of carbonyl (C=O) groups excluding carboxylic acids is 1. The molecular weight excluding hydrogens is 323 g/mol. The number of primary amides is 1. The Hall–Kier alpha value is -2.60. The molecule has 0 unspecified atom stereocenters. The highest BCUT2D eigenvalue weighted by Gasteiger charge is 2.21. The van der Waals surface area contributed by atoms with Gasteiger partial charge in [0, 0.05) is 18.5 Å². The summed E-state index contributed by atoms with van der Waals surface area (Å²) < 4.78 is 24.8. The van der Waals surface area contributed by atoms with Crippen LogP contribution in [0.15, 0.2) is 36.4 Å². The summed E-state index contributed by atoms with van der Waals surface area (Å²) in [5.74, 6) is 0.696. The summed E-state index contributed by atoms with van der Waals surface area (Å²) in [7, 11) is 0. The summed E-state index contributed by atoms with van der Waals surface area (Å²) in [6.45, 7) is 3.12. The minimum absolute atomic E-state index is 0.268. The van der Waals surface area contributed by atoms with E-state index in [0.717, 1.165) is 28.9 Å². The normalized spacial score (nSPS) is 13.8. The standard InChI is InChI=1S/C19H21FN2O3/c1-12(19(21)23)22-10-14-5-6-17(18-16(14)7-8-24-18)25-11-13-3-2-4-15(20)9-13/h2-6,9,12,22H,7-8,10-11H2,1H3,(H2,21,23)/t12-/m0/s1. The summed E-state index contributed by atoms with van der Waals surface area (Å²) >= 11 is 0. The van der Waals surface area contributed by atoms with Crippen LogP contribution in [0.4, 0.5) is 4.39 Å². The van der Waals surface area contributed by atoms with Gasteiger partial charge >= 0.3 is 0 Å². The predicted molar refractivity (Wildman–Crippen MR) is 91.9 cm³/mol. The number of fused-ring (bicyclic) bond motifs is 1. The Morgan fingerprint density at radius 3 is 3.00 bits per heavy atom. The zero-order valence-electron chi connectivity index (χ0n) is 14.0. The lowest BCUT2D eigenvalue weighted by atomic mass is 10.0. The van der Waals surface area contributed by atoms with Gasteiger partial charge in [0.25, 0.3) is 0 Å². The molecule has 0 bridgehead atoms. The number of rotatable bonds is 7. The number of halogens is 1. The minimum atomic E-state index is -0.401. The molecule has 3 N–H and O–H groups in total. The summed E-state index contributed by atoms with van der Waals surface area (Å²) in [5, 5.41) is 3.10. The van der Waals surface area contributed by atoms with Gasteiger partial charge in [0.1, 0.15) is 12.4 Å². The van der Waals surface area contributed by atoms with Gasteiger partial charge in [-0.2, -0.15) is 0 Å². The van der Waals surface area contributed by atoms with E-state index in [1.807, 2.05) is 18.2 Å². The highest BCUT2D eigenvalue weighted by molar-refractivity contribution is 5.79. The molecule has 1 atom stereocenters. The van der Waals surface area contributed by atoms with Crippen LogP contribution in [-0.2, 0) is 24.4 Å². The number of carbonyl (C=O) groups is 1. The number of hydrogen-bond donors (Lipinski definition) is 2. The Morgan fingerprint density at radius 1 is 1.40 bits per heavy atom. The molecule has 1 aliphatic rings. The van der Waals surface area contributed by atoms with Crippen molar-refractivity contribution in [3.8, 4) is 11.5 Å². The Morgan fingerprint density at radius 2 is 2.24 bits per heavy atom.